The van der Waals surface area contributed by atoms with Gasteiger partial charge in [0.1, 0.15) is 0 Å². The Kier molecular flexibility index (Phi) is 6.43. The Labute approximate surface area is 126 Å². The van der Waals surface area contributed by atoms with Crippen LogP contribution in [0.5, 0.6) is 0 Å². The third-order valence-corrected chi connectivity index (χ3v) is 3.63. The molecule has 0 radical (unpaired) electrons. The lowest BCUT2D eigenvalue weighted by atomic mass is 10.3. The third-order valence-electron chi connectivity index (χ3n) is 3.63. The van der Waals surface area contributed by atoms with Gasteiger partial charge in [0, 0.05) is 58.0 Å². The lowest BCUT2D eigenvalue weighted by molar-refractivity contribution is 0.172. The summed E-state index contributed by atoms with van der Waals surface area (Å²) in [5.74, 6) is 0. The summed E-state index contributed by atoms with van der Waals surface area (Å²) in [6, 6.07) is 3.57. The van der Waals surface area contributed by atoms with E-state index in [1.807, 2.05) is 4.90 Å². The molecule has 0 atom stereocenters. The highest BCUT2D eigenvalue weighted by molar-refractivity contribution is 5.89. The van der Waals surface area contributed by atoms with Crippen LogP contribution in [0.2, 0.25) is 0 Å². The Morgan fingerprint density at radius 1 is 1.29 bits per heavy atom. The van der Waals surface area contributed by atoms with Crippen LogP contribution in [0.3, 0.4) is 0 Å². The number of hydrogen-bond donors (Lipinski definition) is 1. The number of amides is 2. The van der Waals surface area contributed by atoms with Gasteiger partial charge in [-0.2, -0.15) is 0 Å². The van der Waals surface area contributed by atoms with E-state index in [1.54, 1.807) is 31.6 Å². The maximum absolute atomic E-state index is 12.2. The number of aromatic nitrogens is 1. The third kappa shape index (κ3) is 5.32. The highest BCUT2D eigenvalue weighted by atomic mass is 16.5. The molecule has 0 saturated carbocycles. The first-order valence-corrected chi connectivity index (χ1v) is 7.47. The summed E-state index contributed by atoms with van der Waals surface area (Å²) in [6.45, 7) is 5.37. The van der Waals surface area contributed by atoms with Gasteiger partial charge < -0.3 is 19.9 Å². The van der Waals surface area contributed by atoms with Crippen LogP contribution in [0.25, 0.3) is 0 Å². The van der Waals surface area contributed by atoms with E-state index in [4.69, 9.17) is 4.74 Å². The summed E-state index contributed by atoms with van der Waals surface area (Å²) in [5.41, 5.74) is 0.788. The molecule has 1 N–H and O–H groups in total. The second-order valence-corrected chi connectivity index (χ2v) is 5.19. The molecule has 1 aliphatic rings. The largest absolute Gasteiger partial charge is 0.385 e. The number of carbonyl (C=O) groups excluding carboxylic acids is 1. The molecule has 1 aromatic heterocycles. The van der Waals surface area contributed by atoms with Crippen LogP contribution in [-0.2, 0) is 4.74 Å². The fraction of sp³-hybridized carbons (Fsp3) is 0.600. The molecular formula is C15H24N4O2. The number of rotatable bonds is 5. The average Bonchev–Trinajstić information content (AvgIpc) is 2.74. The minimum absolute atomic E-state index is 0.0278. The first-order chi connectivity index (χ1) is 10.3. The molecule has 21 heavy (non-hydrogen) atoms. The quantitative estimate of drug-likeness (QED) is 0.839. The minimum atomic E-state index is -0.0278. The molecule has 1 fully saturated rings. The van der Waals surface area contributed by atoms with E-state index in [0.29, 0.717) is 0 Å². The molecular weight excluding hydrogens is 268 g/mol. The summed E-state index contributed by atoms with van der Waals surface area (Å²) in [5, 5.41) is 2.92. The van der Waals surface area contributed by atoms with Crippen molar-refractivity contribution < 1.29 is 9.53 Å². The standard InChI is InChI=1S/C15H24N4O2/c1-21-13-3-9-18-8-2-10-19(12-11-18)15(20)17-14-4-6-16-7-5-14/h4-7H,2-3,8-13H2,1H3,(H,16,17,20). The fourth-order valence-corrected chi connectivity index (χ4v) is 2.47. The van der Waals surface area contributed by atoms with Gasteiger partial charge in [-0.25, -0.2) is 4.79 Å². The molecule has 1 saturated heterocycles. The molecule has 1 aliphatic heterocycles. The summed E-state index contributed by atoms with van der Waals surface area (Å²) >= 11 is 0. The Morgan fingerprint density at radius 3 is 2.86 bits per heavy atom. The fourth-order valence-electron chi connectivity index (χ4n) is 2.47. The molecule has 116 valence electrons. The Balaban J connectivity index is 1.78. The van der Waals surface area contributed by atoms with Crippen LogP contribution < -0.4 is 5.32 Å². The van der Waals surface area contributed by atoms with E-state index >= 15 is 0 Å². The lowest BCUT2D eigenvalue weighted by Crippen LogP contribution is -2.38. The molecule has 2 rings (SSSR count). The molecule has 6 heteroatoms. The molecule has 6 nitrogen and oxygen atoms in total. The van der Waals surface area contributed by atoms with Gasteiger partial charge in [0.05, 0.1) is 0 Å². The zero-order valence-corrected chi connectivity index (χ0v) is 12.6. The second-order valence-electron chi connectivity index (χ2n) is 5.19. The zero-order valence-electron chi connectivity index (χ0n) is 12.6. The summed E-state index contributed by atoms with van der Waals surface area (Å²) < 4.78 is 5.08. The number of pyridine rings is 1. The SMILES string of the molecule is COCCCN1CCCN(C(=O)Nc2ccncc2)CC1. The van der Waals surface area contributed by atoms with E-state index in [2.05, 4.69) is 15.2 Å². The summed E-state index contributed by atoms with van der Waals surface area (Å²) in [4.78, 5) is 20.5. The maximum Gasteiger partial charge on any atom is 0.321 e. The van der Waals surface area contributed by atoms with Crippen LogP contribution in [0.4, 0.5) is 10.5 Å². The molecule has 1 aromatic rings. The average molecular weight is 292 g/mol. The van der Waals surface area contributed by atoms with Crippen molar-refractivity contribution >= 4 is 11.7 Å². The van der Waals surface area contributed by atoms with Gasteiger partial charge in [-0.1, -0.05) is 0 Å². The Bertz CT molecular complexity index is 427. The minimum Gasteiger partial charge on any atom is -0.385 e. The van der Waals surface area contributed by atoms with Crippen molar-refractivity contribution in [1.29, 1.82) is 0 Å². The van der Waals surface area contributed by atoms with Gasteiger partial charge in [-0.05, 0) is 31.5 Å². The van der Waals surface area contributed by atoms with Crippen molar-refractivity contribution in [3.63, 3.8) is 0 Å². The summed E-state index contributed by atoms with van der Waals surface area (Å²) in [6.07, 6.45) is 5.40. The van der Waals surface area contributed by atoms with E-state index in [9.17, 15) is 4.79 Å². The number of hydrogen-bond acceptors (Lipinski definition) is 4. The van der Waals surface area contributed by atoms with E-state index in [1.165, 1.54) is 0 Å². The first kappa shape index (κ1) is 15.7. The van der Waals surface area contributed by atoms with Crippen molar-refractivity contribution in [2.45, 2.75) is 12.8 Å². The normalized spacial score (nSPS) is 16.5. The maximum atomic E-state index is 12.2. The highest BCUT2D eigenvalue weighted by Crippen LogP contribution is 2.08. The summed E-state index contributed by atoms with van der Waals surface area (Å²) in [7, 11) is 1.73. The molecule has 0 aromatic carbocycles. The molecule has 0 spiro atoms. The predicted molar refractivity (Wildman–Crippen MR) is 82.4 cm³/mol. The second kappa shape index (κ2) is 8.59. The van der Waals surface area contributed by atoms with Gasteiger partial charge in [-0.15, -0.1) is 0 Å². The monoisotopic (exact) mass is 292 g/mol. The number of methoxy groups -OCH3 is 1. The predicted octanol–water partition coefficient (Wildman–Crippen LogP) is 1.66. The topological polar surface area (TPSA) is 57.7 Å². The van der Waals surface area contributed by atoms with E-state index < -0.39 is 0 Å². The lowest BCUT2D eigenvalue weighted by Gasteiger charge is -2.22. The first-order valence-electron chi connectivity index (χ1n) is 7.47. The molecule has 0 unspecified atom stereocenters. The molecule has 2 amide bonds. The molecule has 0 bridgehead atoms. The number of urea groups is 1. The Hall–Kier alpha value is -1.66. The highest BCUT2D eigenvalue weighted by Gasteiger charge is 2.18. The van der Waals surface area contributed by atoms with Gasteiger partial charge in [-0.3, -0.25) is 4.98 Å². The van der Waals surface area contributed by atoms with E-state index in [0.717, 1.165) is 57.9 Å². The van der Waals surface area contributed by atoms with Crippen LogP contribution in [0, 0.1) is 0 Å². The van der Waals surface area contributed by atoms with Crippen molar-refractivity contribution in [3.05, 3.63) is 24.5 Å². The van der Waals surface area contributed by atoms with E-state index in [-0.39, 0.29) is 6.03 Å². The van der Waals surface area contributed by atoms with Crippen molar-refractivity contribution in [2.75, 3.05) is 51.8 Å². The van der Waals surface area contributed by atoms with Crippen molar-refractivity contribution in [2.24, 2.45) is 0 Å². The van der Waals surface area contributed by atoms with Gasteiger partial charge in [0.25, 0.3) is 0 Å². The van der Waals surface area contributed by atoms with Crippen molar-refractivity contribution in [3.8, 4) is 0 Å². The number of nitrogens with one attached hydrogen (secondary N) is 1. The Morgan fingerprint density at radius 2 is 2.10 bits per heavy atom. The van der Waals surface area contributed by atoms with Gasteiger partial charge in [0.2, 0.25) is 0 Å². The van der Waals surface area contributed by atoms with Gasteiger partial charge in [0.15, 0.2) is 0 Å². The molecule has 2 heterocycles. The van der Waals surface area contributed by atoms with Crippen LogP contribution in [0.1, 0.15) is 12.8 Å². The smallest absolute Gasteiger partial charge is 0.321 e. The number of carbonyl (C=O) groups is 1. The number of ether oxygens (including phenoxy) is 1. The van der Waals surface area contributed by atoms with Gasteiger partial charge >= 0.3 is 6.03 Å². The number of anilines is 1. The molecule has 0 aliphatic carbocycles. The zero-order chi connectivity index (χ0) is 14.9. The van der Waals surface area contributed by atoms with Crippen molar-refractivity contribution in [1.82, 2.24) is 14.8 Å². The van der Waals surface area contributed by atoms with Crippen LogP contribution in [-0.4, -0.2) is 67.3 Å². The van der Waals surface area contributed by atoms with Crippen LogP contribution >= 0.6 is 0 Å². The van der Waals surface area contributed by atoms with Crippen LogP contribution in [0.15, 0.2) is 24.5 Å². The number of nitrogens with zero attached hydrogens (tertiary/aromatic N) is 3.